The standard InChI is InChI=1S/C25H29NO5/c1-6-13-31-19-12-7-9-16(14-19)21-20(23(28)25(2,3)4)22(27)24(29)26(21)17-10-8-11-18(15-17)30-5/h7-12,14-15,21,27H,6,13H2,1-5H3. The van der Waals surface area contributed by atoms with E-state index in [0.717, 1.165) is 6.42 Å². The molecule has 1 heterocycles. The van der Waals surface area contributed by atoms with Crippen LogP contribution in [0.2, 0.25) is 0 Å². The summed E-state index contributed by atoms with van der Waals surface area (Å²) < 4.78 is 11.1. The predicted octanol–water partition coefficient (Wildman–Crippen LogP) is 5.00. The number of benzene rings is 2. The Kier molecular flexibility index (Phi) is 6.39. The second-order valence-electron chi connectivity index (χ2n) is 8.54. The highest BCUT2D eigenvalue weighted by atomic mass is 16.5. The molecule has 0 saturated carbocycles. The number of carbonyl (C=O) groups excluding carboxylic acids is 2. The average molecular weight is 424 g/mol. The van der Waals surface area contributed by atoms with Crippen molar-refractivity contribution in [1.82, 2.24) is 0 Å². The van der Waals surface area contributed by atoms with Crippen LogP contribution in [0, 0.1) is 5.41 Å². The molecule has 2 aromatic rings. The fourth-order valence-electron chi connectivity index (χ4n) is 3.58. The van der Waals surface area contributed by atoms with E-state index >= 15 is 0 Å². The first-order chi connectivity index (χ1) is 14.7. The third kappa shape index (κ3) is 4.43. The molecule has 6 heteroatoms. The lowest BCUT2D eigenvalue weighted by Gasteiger charge is -2.29. The Morgan fingerprint density at radius 1 is 1.10 bits per heavy atom. The van der Waals surface area contributed by atoms with Gasteiger partial charge in [-0.25, -0.2) is 0 Å². The number of hydrogen-bond donors (Lipinski definition) is 1. The summed E-state index contributed by atoms with van der Waals surface area (Å²) in [5, 5.41) is 10.8. The van der Waals surface area contributed by atoms with E-state index < -0.39 is 23.1 Å². The van der Waals surface area contributed by atoms with E-state index in [1.807, 2.05) is 31.2 Å². The number of amides is 1. The molecule has 1 atom stereocenters. The highest BCUT2D eigenvalue weighted by Crippen LogP contribution is 2.44. The van der Waals surface area contributed by atoms with Crippen LogP contribution in [-0.4, -0.2) is 30.5 Å². The molecule has 2 aromatic carbocycles. The summed E-state index contributed by atoms with van der Waals surface area (Å²) in [6.45, 7) is 7.89. The largest absolute Gasteiger partial charge is 0.503 e. The van der Waals surface area contributed by atoms with Crippen LogP contribution in [0.1, 0.15) is 45.7 Å². The minimum atomic E-state index is -0.781. The Labute approximate surface area is 183 Å². The molecule has 31 heavy (non-hydrogen) atoms. The van der Waals surface area contributed by atoms with Crippen molar-refractivity contribution in [2.24, 2.45) is 5.41 Å². The summed E-state index contributed by atoms with van der Waals surface area (Å²) in [6.07, 6.45) is 0.858. The van der Waals surface area contributed by atoms with Gasteiger partial charge in [-0.2, -0.15) is 0 Å². The van der Waals surface area contributed by atoms with Gasteiger partial charge >= 0.3 is 0 Å². The zero-order valence-corrected chi connectivity index (χ0v) is 18.6. The monoisotopic (exact) mass is 423 g/mol. The van der Waals surface area contributed by atoms with E-state index in [1.165, 1.54) is 4.90 Å². The van der Waals surface area contributed by atoms with Gasteiger partial charge in [-0.1, -0.05) is 45.9 Å². The van der Waals surface area contributed by atoms with Crippen molar-refractivity contribution in [2.45, 2.75) is 40.2 Å². The van der Waals surface area contributed by atoms with Crippen LogP contribution in [0.3, 0.4) is 0 Å². The first-order valence-corrected chi connectivity index (χ1v) is 10.4. The molecule has 1 aliphatic heterocycles. The topological polar surface area (TPSA) is 76.1 Å². The molecule has 0 fully saturated rings. The summed E-state index contributed by atoms with van der Waals surface area (Å²) in [5.74, 6) is -0.211. The van der Waals surface area contributed by atoms with Gasteiger partial charge in [0.15, 0.2) is 11.5 Å². The molecule has 1 aliphatic rings. The minimum absolute atomic E-state index is 0.0907. The number of anilines is 1. The molecule has 0 bridgehead atoms. The summed E-state index contributed by atoms with van der Waals surface area (Å²) in [4.78, 5) is 27.9. The molecule has 1 unspecified atom stereocenters. The van der Waals surface area contributed by atoms with Crippen LogP contribution >= 0.6 is 0 Å². The number of rotatable bonds is 7. The van der Waals surface area contributed by atoms with E-state index in [-0.39, 0.29) is 11.4 Å². The van der Waals surface area contributed by atoms with Crippen LogP contribution in [0.15, 0.2) is 59.9 Å². The van der Waals surface area contributed by atoms with Crippen LogP contribution in [-0.2, 0) is 9.59 Å². The van der Waals surface area contributed by atoms with Crippen molar-refractivity contribution in [3.8, 4) is 11.5 Å². The van der Waals surface area contributed by atoms with Crippen molar-refractivity contribution >= 4 is 17.4 Å². The predicted molar refractivity (Wildman–Crippen MR) is 120 cm³/mol. The van der Waals surface area contributed by atoms with Crippen molar-refractivity contribution < 1.29 is 24.2 Å². The first kappa shape index (κ1) is 22.4. The smallest absolute Gasteiger partial charge is 0.294 e. The van der Waals surface area contributed by atoms with Gasteiger partial charge < -0.3 is 14.6 Å². The summed E-state index contributed by atoms with van der Waals surface area (Å²) in [5.41, 5.74) is 0.523. The molecule has 0 aliphatic carbocycles. The Hall–Kier alpha value is -3.28. The van der Waals surface area contributed by atoms with E-state index in [1.54, 1.807) is 52.1 Å². The average Bonchev–Trinajstić information content (AvgIpc) is 3.02. The lowest BCUT2D eigenvalue weighted by Crippen LogP contribution is -2.32. The third-order valence-corrected chi connectivity index (χ3v) is 5.11. The van der Waals surface area contributed by atoms with Gasteiger partial charge in [-0.3, -0.25) is 14.5 Å². The van der Waals surface area contributed by atoms with E-state index in [9.17, 15) is 14.7 Å². The minimum Gasteiger partial charge on any atom is -0.503 e. The molecule has 1 N–H and O–H groups in total. The van der Waals surface area contributed by atoms with Crippen LogP contribution in [0.5, 0.6) is 11.5 Å². The van der Waals surface area contributed by atoms with Gasteiger partial charge in [0.25, 0.3) is 5.91 Å². The van der Waals surface area contributed by atoms with Gasteiger partial charge in [0, 0.05) is 17.2 Å². The molecule has 0 saturated heterocycles. The molecular formula is C25H29NO5. The maximum Gasteiger partial charge on any atom is 0.294 e. The van der Waals surface area contributed by atoms with Crippen molar-refractivity contribution in [2.75, 3.05) is 18.6 Å². The zero-order chi connectivity index (χ0) is 22.8. The van der Waals surface area contributed by atoms with Gasteiger partial charge in [0.2, 0.25) is 0 Å². The summed E-state index contributed by atoms with van der Waals surface area (Å²) in [7, 11) is 1.54. The van der Waals surface area contributed by atoms with Gasteiger partial charge in [-0.15, -0.1) is 0 Å². The number of carbonyl (C=O) groups is 2. The van der Waals surface area contributed by atoms with Crippen molar-refractivity contribution in [3.63, 3.8) is 0 Å². The van der Waals surface area contributed by atoms with E-state index in [2.05, 4.69) is 0 Å². The number of aliphatic hydroxyl groups excluding tert-OH is 1. The second-order valence-corrected chi connectivity index (χ2v) is 8.54. The van der Waals surface area contributed by atoms with Crippen LogP contribution in [0.4, 0.5) is 5.69 Å². The Bertz CT molecular complexity index is 1020. The third-order valence-electron chi connectivity index (χ3n) is 5.11. The van der Waals surface area contributed by atoms with Crippen LogP contribution < -0.4 is 14.4 Å². The Balaban J connectivity index is 2.17. The lowest BCUT2D eigenvalue weighted by atomic mass is 9.82. The highest BCUT2D eigenvalue weighted by Gasteiger charge is 2.46. The molecule has 164 valence electrons. The molecule has 6 nitrogen and oxygen atoms in total. The molecule has 3 rings (SSSR count). The lowest BCUT2D eigenvalue weighted by molar-refractivity contribution is -0.123. The number of hydrogen-bond acceptors (Lipinski definition) is 5. The Morgan fingerprint density at radius 2 is 1.77 bits per heavy atom. The van der Waals surface area contributed by atoms with Crippen molar-refractivity contribution in [3.05, 3.63) is 65.4 Å². The van der Waals surface area contributed by atoms with Crippen LogP contribution in [0.25, 0.3) is 0 Å². The molecular weight excluding hydrogens is 394 g/mol. The number of ether oxygens (including phenoxy) is 2. The number of methoxy groups -OCH3 is 1. The maximum atomic E-state index is 13.3. The molecule has 0 spiro atoms. The van der Waals surface area contributed by atoms with Gasteiger partial charge in [-0.05, 0) is 36.2 Å². The number of Topliss-reactive ketones (excluding diaryl/α,β-unsaturated/α-hetero) is 1. The maximum absolute atomic E-state index is 13.3. The fourth-order valence-corrected chi connectivity index (χ4v) is 3.58. The summed E-state index contributed by atoms with van der Waals surface area (Å²) >= 11 is 0. The van der Waals surface area contributed by atoms with E-state index in [4.69, 9.17) is 9.47 Å². The van der Waals surface area contributed by atoms with Crippen molar-refractivity contribution in [1.29, 1.82) is 0 Å². The first-order valence-electron chi connectivity index (χ1n) is 10.4. The highest BCUT2D eigenvalue weighted by molar-refractivity contribution is 6.17. The normalized spacial score (nSPS) is 16.6. The number of aliphatic hydroxyl groups is 1. The fraction of sp³-hybridized carbons (Fsp3) is 0.360. The zero-order valence-electron chi connectivity index (χ0n) is 18.6. The quantitative estimate of drug-likeness (QED) is 0.678. The molecule has 1 amide bonds. The Morgan fingerprint density at radius 3 is 2.42 bits per heavy atom. The molecule has 0 aromatic heterocycles. The molecule has 0 radical (unpaired) electrons. The SMILES string of the molecule is CCCOc1cccc(C2C(C(=O)C(C)(C)C)=C(O)C(=O)N2c2cccc(OC)c2)c1. The second kappa shape index (κ2) is 8.84. The summed E-state index contributed by atoms with van der Waals surface area (Å²) in [6, 6.07) is 13.5. The van der Waals surface area contributed by atoms with Gasteiger partial charge in [0.05, 0.1) is 25.3 Å². The van der Waals surface area contributed by atoms with E-state index in [0.29, 0.717) is 29.4 Å². The number of ketones is 1. The number of nitrogens with zero attached hydrogens (tertiary/aromatic N) is 1. The van der Waals surface area contributed by atoms with Gasteiger partial charge in [0.1, 0.15) is 11.5 Å².